The van der Waals surface area contributed by atoms with E-state index >= 15 is 0 Å². The summed E-state index contributed by atoms with van der Waals surface area (Å²) in [7, 11) is 1.98. The highest BCUT2D eigenvalue weighted by Crippen LogP contribution is 2.29. The minimum Gasteiger partial charge on any atom is -0.338 e. The summed E-state index contributed by atoms with van der Waals surface area (Å²) in [6, 6.07) is 20.3. The molecule has 4 aromatic rings. The van der Waals surface area contributed by atoms with Crippen LogP contribution in [0.2, 0.25) is 0 Å². The average molecular weight is 374 g/mol. The van der Waals surface area contributed by atoms with Crippen LogP contribution in [-0.4, -0.2) is 27.1 Å². The van der Waals surface area contributed by atoms with Crippen LogP contribution in [0.15, 0.2) is 83.6 Å². The van der Waals surface area contributed by atoms with Crippen LogP contribution in [0.1, 0.15) is 23.1 Å². The fraction of sp³-hybridized carbons (Fsp3) is 0.136. The number of halogens is 1. The van der Waals surface area contributed by atoms with Crippen LogP contribution in [0.3, 0.4) is 0 Å². The van der Waals surface area contributed by atoms with Crippen molar-refractivity contribution in [2.45, 2.75) is 12.6 Å². The maximum atomic E-state index is 13.4. The van der Waals surface area contributed by atoms with Gasteiger partial charge in [0.2, 0.25) is 11.7 Å². The van der Waals surface area contributed by atoms with Gasteiger partial charge in [-0.1, -0.05) is 47.6 Å². The number of benzene rings is 2. The maximum Gasteiger partial charge on any atom is 0.241 e. The SMILES string of the molecule is CN(Cc1nc(-c2cccnc2)no1)C(c1ccccc1)c1ccc(F)cc1. The van der Waals surface area contributed by atoms with Crippen molar-refractivity contribution >= 4 is 0 Å². The molecule has 0 aliphatic carbocycles. The van der Waals surface area contributed by atoms with Crippen LogP contribution in [0.25, 0.3) is 11.4 Å². The molecule has 2 aromatic carbocycles. The van der Waals surface area contributed by atoms with E-state index in [1.165, 1.54) is 12.1 Å². The van der Waals surface area contributed by atoms with Crippen molar-refractivity contribution in [2.24, 2.45) is 0 Å². The van der Waals surface area contributed by atoms with Gasteiger partial charge in [0, 0.05) is 18.0 Å². The van der Waals surface area contributed by atoms with Gasteiger partial charge in [-0.05, 0) is 42.4 Å². The molecule has 0 radical (unpaired) electrons. The van der Waals surface area contributed by atoms with Crippen molar-refractivity contribution in [3.8, 4) is 11.4 Å². The van der Waals surface area contributed by atoms with Crippen molar-refractivity contribution in [3.63, 3.8) is 0 Å². The van der Waals surface area contributed by atoms with E-state index in [-0.39, 0.29) is 11.9 Å². The van der Waals surface area contributed by atoms with Gasteiger partial charge in [0.05, 0.1) is 12.6 Å². The fourth-order valence-electron chi connectivity index (χ4n) is 3.22. The van der Waals surface area contributed by atoms with Gasteiger partial charge < -0.3 is 4.52 Å². The first kappa shape index (κ1) is 18.0. The molecule has 0 N–H and O–H groups in total. The molecular weight excluding hydrogens is 355 g/mol. The molecule has 1 unspecified atom stereocenters. The molecule has 1 atom stereocenters. The monoisotopic (exact) mass is 374 g/mol. The molecule has 4 rings (SSSR count). The van der Waals surface area contributed by atoms with Crippen molar-refractivity contribution < 1.29 is 8.91 Å². The number of rotatable bonds is 6. The van der Waals surface area contributed by atoms with Crippen LogP contribution in [0.4, 0.5) is 4.39 Å². The first-order valence-corrected chi connectivity index (χ1v) is 8.94. The van der Waals surface area contributed by atoms with E-state index < -0.39 is 0 Å². The van der Waals surface area contributed by atoms with E-state index in [1.54, 1.807) is 24.5 Å². The Morgan fingerprint density at radius 3 is 2.43 bits per heavy atom. The summed E-state index contributed by atoms with van der Waals surface area (Å²) in [5.74, 6) is 0.759. The van der Waals surface area contributed by atoms with Gasteiger partial charge in [-0.2, -0.15) is 4.98 Å². The van der Waals surface area contributed by atoms with E-state index in [0.29, 0.717) is 18.3 Å². The lowest BCUT2D eigenvalue weighted by Gasteiger charge is -2.27. The minimum atomic E-state index is -0.253. The minimum absolute atomic E-state index is 0.0736. The third-order valence-electron chi connectivity index (χ3n) is 4.51. The molecular formula is C22H19FN4O. The molecule has 2 aromatic heterocycles. The Hall–Kier alpha value is -3.38. The Balaban J connectivity index is 1.60. The summed E-state index contributed by atoms with van der Waals surface area (Å²) in [5, 5.41) is 4.05. The second kappa shape index (κ2) is 8.10. The van der Waals surface area contributed by atoms with Crippen molar-refractivity contribution in [1.82, 2.24) is 20.0 Å². The normalized spacial score (nSPS) is 12.2. The van der Waals surface area contributed by atoms with Crippen LogP contribution in [0, 0.1) is 5.82 Å². The summed E-state index contributed by atoms with van der Waals surface area (Å²) in [6.07, 6.45) is 3.40. The van der Waals surface area contributed by atoms with E-state index in [0.717, 1.165) is 16.7 Å². The third kappa shape index (κ3) is 3.97. The lowest BCUT2D eigenvalue weighted by atomic mass is 9.97. The summed E-state index contributed by atoms with van der Waals surface area (Å²) in [4.78, 5) is 10.7. The van der Waals surface area contributed by atoms with Gasteiger partial charge in [0.15, 0.2) is 0 Å². The highest BCUT2D eigenvalue weighted by Gasteiger charge is 2.21. The summed E-state index contributed by atoms with van der Waals surface area (Å²) >= 11 is 0. The number of hydrogen-bond donors (Lipinski definition) is 0. The predicted octanol–water partition coefficient (Wildman–Crippen LogP) is 4.49. The average Bonchev–Trinajstić information content (AvgIpc) is 3.20. The summed E-state index contributed by atoms with van der Waals surface area (Å²) < 4.78 is 18.9. The molecule has 28 heavy (non-hydrogen) atoms. The van der Waals surface area contributed by atoms with E-state index in [9.17, 15) is 4.39 Å². The number of hydrogen-bond acceptors (Lipinski definition) is 5. The lowest BCUT2D eigenvalue weighted by Crippen LogP contribution is -2.25. The molecule has 0 saturated heterocycles. The zero-order chi connectivity index (χ0) is 19.3. The zero-order valence-electron chi connectivity index (χ0n) is 15.4. The molecule has 0 bridgehead atoms. The van der Waals surface area contributed by atoms with Gasteiger partial charge in [0.1, 0.15) is 5.82 Å². The fourth-order valence-corrected chi connectivity index (χ4v) is 3.22. The second-order valence-electron chi connectivity index (χ2n) is 6.53. The zero-order valence-corrected chi connectivity index (χ0v) is 15.4. The molecule has 0 amide bonds. The summed E-state index contributed by atoms with van der Waals surface area (Å²) in [6.45, 7) is 0.449. The largest absolute Gasteiger partial charge is 0.338 e. The van der Waals surface area contributed by atoms with Gasteiger partial charge in [-0.3, -0.25) is 9.88 Å². The molecule has 6 heteroatoms. The Bertz CT molecular complexity index is 1020. The van der Waals surface area contributed by atoms with Crippen LogP contribution < -0.4 is 0 Å². The predicted molar refractivity (Wildman–Crippen MR) is 104 cm³/mol. The highest BCUT2D eigenvalue weighted by atomic mass is 19.1. The topological polar surface area (TPSA) is 55.1 Å². The van der Waals surface area contributed by atoms with Gasteiger partial charge in [-0.15, -0.1) is 0 Å². The first-order chi connectivity index (χ1) is 13.7. The molecule has 0 saturated carbocycles. The molecule has 0 fully saturated rings. The number of pyridine rings is 1. The van der Waals surface area contributed by atoms with Crippen LogP contribution in [-0.2, 0) is 6.54 Å². The van der Waals surface area contributed by atoms with E-state index in [1.807, 2.05) is 37.4 Å². The third-order valence-corrected chi connectivity index (χ3v) is 4.51. The number of nitrogens with zero attached hydrogens (tertiary/aromatic N) is 4. The van der Waals surface area contributed by atoms with Crippen LogP contribution in [0.5, 0.6) is 0 Å². The quantitative estimate of drug-likeness (QED) is 0.498. The lowest BCUT2D eigenvalue weighted by molar-refractivity contribution is 0.229. The van der Waals surface area contributed by atoms with E-state index in [2.05, 4.69) is 32.2 Å². The Morgan fingerprint density at radius 1 is 0.964 bits per heavy atom. The maximum absolute atomic E-state index is 13.4. The Kier molecular flexibility index (Phi) is 5.21. The van der Waals surface area contributed by atoms with Crippen molar-refractivity contribution in [2.75, 3.05) is 7.05 Å². The highest BCUT2D eigenvalue weighted by molar-refractivity contribution is 5.51. The molecule has 5 nitrogen and oxygen atoms in total. The number of aromatic nitrogens is 3. The first-order valence-electron chi connectivity index (χ1n) is 8.94. The molecule has 0 aliphatic heterocycles. The molecule has 140 valence electrons. The van der Waals surface area contributed by atoms with Gasteiger partial charge >= 0.3 is 0 Å². The summed E-state index contributed by atoms with van der Waals surface area (Å²) in [5.41, 5.74) is 2.89. The Morgan fingerprint density at radius 2 is 1.71 bits per heavy atom. The second-order valence-corrected chi connectivity index (χ2v) is 6.53. The molecule has 0 spiro atoms. The molecule has 0 aliphatic rings. The van der Waals surface area contributed by atoms with Crippen LogP contribution >= 0.6 is 0 Å². The standard InChI is InChI=1S/C22H19FN4O/c1-27(15-20-25-22(26-28-20)18-8-5-13-24-14-18)21(16-6-3-2-4-7-16)17-9-11-19(23)12-10-17/h2-14,21H,15H2,1H3. The van der Waals surface area contributed by atoms with Gasteiger partial charge in [-0.25, -0.2) is 4.39 Å². The van der Waals surface area contributed by atoms with Crippen molar-refractivity contribution in [3.05, 3.63) is 102 Å². The smallest absolute Gasteiger partial charge is 0.241 e. The Labute approximate surface area is 162 Å². The molecule has 2 heterocycles. The van der Waals surface area contributed by atoms with Gasteiger partial charge in [0.25, 0.3) is 0 Å². The van der Waals surface area contributed by atoms with E-state index in [4.69, 9.17) is 4.52 Å². The van der Waals surface area contributed by atoms with Crippen molar-refractivity contribution in [1.29, 1.82) is 0 Å².